The first-order chi connectivity index (χ1) is 20.1. The third-order valence-corrected chi connectivity index (χ3v) is 6.91. The van der Waals surface area contributed by atoms with E-state index in [1.807, 2.05) is 60.7 Å². The summed E-state index contributed by atoms with van der Waals surface area (Å²) in [6.45, 7) is 0.455. The van der Waals surface area contributed by atoms with Gasteiger partial charge < -0.3 is 14.6 Å². The quantitative estimate of drug-likeness (QED) is 0.0840. The second kappa shape index (κ2) is 13.1. The second-order valence-corrected chi connectivity index (χ2v) is 9.93. The fourth-order valence-corrected chi connectivity index (χ4v) is 4.58. The van der Waals surface area contributed by atoms with Gasteiger partial charge in [0.2, 0.25) is 5.90 Å². The molecule has 1 aliphatic carbocycles. The molecule has 1 fully saturated rings. The summed E-state index contributed by atoms with van der Waals surface area (Å²) in [4.78, 5) is 22.0. The molecular formula is C31H32N6O4. The van der Waals surface area contributed by atoms with Gasteiger partial charge in [-0.15, -0.1) is 0 Å². The molecule has 0 aromatic heterocycles. The van der Waals surface area contributed by atoms with Crippen LogP contribution in [0.25, 0.3) is 16.5 Å². The van der Waals surface area contributed by atoms with Crippen LogP contribution in [0.4, 0.5) is 5.69 Å². The number of amides is 1. The number of aliphatic hydroxyl groups excluding tert-OH is 1. The van der Waals surface area contributed by atoms with Crippen molar-refractivity contribution in [2.45, 2.75) is 43.4 Å². The van der Waals surface area contributed by atoms with Crippen molar-refractivity contribution in [3.05, 3.63) is 112 Å². The minimum absolute atomic E-state index is 0.0555. The first kappa shape index (κ1) is 27.9. The van der Waals surface area contributed by atoms with Crippen LogP contribution in [0.2, 0.25) is 0 Å². The maximum atomic E-state index is 14.0. The molecule has 10 nitrogen and oxygen atoms in total. The van der Waals surface area contributed by atoms with E-state index in [0.717, 1.165) is 18.4 Å². The lowest BCUT2D eigenvalue weighted by atomic mass is 9.83. The molecule has 2 atom stereocenters. The highest BCUT2D eigenvalue weighted by Gasteiger charge is 2.53. The zero-order valence-electron chi connectivity index (χ0n) is 22.5. The smallest absolute Gasteiger partial charge is 0.266 e. The Morgan fingerprint density at radius 1 is 1.12 bits per heavy atom. The zero-order chi connectivity index (χ0) is 28.5. The van der Waals surface area contributed by atoms with Crippen LogP contribution >= 0.6 is 0 Å². The lowest BCUT2D eigenvalue weighted by Crippen LogP contribution is -2.53. The van der Waals surface area contributed by atoms with E-state index in [9.17, 15) is 10.3 Å². The van der Waals surface area contributed by atoms with Crippen molar-refractivity contribution >= 4 is 23.6 Å². The molecule has 3 aromatic carbocycles. The van der Waals surface area contributed by atoms with Crippen molar-refractivity contribution in [2.75, 3.05) is 13.2 Å². The van der Waals surface area contributed by atoms with E-state index in [1.54, 1.807) is 30.3 Å². The van der Waals surface area contributed by atoms with Gasteiger partial charge in [0.1, 0.15) is 5.75 Å². The van der Waals surface area contributed by atoms with E-state index < -0.39 is 11.6 Å². The molecule has 3 aromatic rings. The van der Waals surface area contributed by atoms with Crippen LogP contribution in [-0.4, -0.2) is 41.7 Å². The summed E-state index contributed by atoms with van der Waals surface area (Å²) >= 11 is 0. The van der Waals surface area contributed by atoms with Crippen LogP contribution in [0, 0.1) is 0 Å². The summed E-state index contributed by atoms with van der Waals surface area (Å²) in [6, 6.07) is 24.4. The van der Waals surface area contributed by atoms with Gasteiger partial charge in [-0.2, -0.15) is 0 Å². The molecule has 0 unspecified atom stereocenters. The molecule has 0 spiro atoms. The molecule has 2 aliphatic rings. The van der Waals surface area contributed by atoms with Gasteiger partial charge in [-0.3, -0.25) is 10.2 Å². The Labute approximate surface area is 238 Å². The Morgan fingerprint density at radius 2 is 1.88 bits per heavy atom. The summed E-state index contributed by atoms with van der Waals surface area (Å²) in [6.07, 6.45) is 5.73. The van der Waals surface area contributed by atoms with Gasteiger partial charge in [-0.1, -0.05) is 71.9 Å². The molecular weight excluding hydrogens is 520 g/mol. The Hall–Kier alpha value is -4.63. The van der Waals surface area contributed by atoms with Crippen molar-refractivity contribution < 1.29 is 19.4 Å². The standard InChI is InChI=1S/C31H32N6O4/c32-37-35-27-12-5-4-11-26(27)28-31(30(39)36-34-24-15-16-24,19-6-10-22-8-2-1-3-9-22)33-29(41-28)23-13-17-25(18-14-23)40-21-7-20-38/h1-6,8-14,17-18,24,28,34,38H,7,15-16,19-21H2,(H,36,39)/b10-6+/t28-,31-/m0/s1. The summed E-state index contributed by atoms with van der Waals surface area (Å²) in [5, 5.41) is 12.9. The number of carbonyl (C=O) groups excluding carboxylic acids is 1. The summed E-state index contributed by atoms with van der Waals surface area (Å²) < 4.78 is 12.2. The van der Waals surface area contributed by atoms with Gasteiger partial charge in [-0.25, -0.2) is 10.4 Å². The molecule has 1 amide bonds. The van der Waals surface area contributed by atoms with Gasteiger partial charge in [0.25, 0.3) is 5.91 Å². The predicted octanol–water partition coefficient (Wildman–Crippen LogP) is 5.53. The monoisotopic (exact) mass is 552 g/mol. The van der Waals surface area contributed by atoms with Crippen LogP contribution < -0.4 is 15.6 Å². The highest BCUT2D eigenvalue weighted by molar-refractivity contribution is 6.01. The number of nitrogens with zero attached hydrogens (tertiary/aromatic N) is 4. The van der Waals surface area contributed by atoms with E-state index >= 15 is 0 Å². The number of rotatable bonds is 13. The summed E-state index contributed by atoms with van der Waals surface area (Å²) in [5.41, 5.74) is 16.4. The predicted molar refractivity (Wildman–Crippen MR) is 156 cm³/mol. The maximum Gasteiger partial charge on any atom is 0.266 e. The third kappa shape index (κ3) is 6.75. The fourth-order valence-electron chi connectivity index (χ4n) is 4.58. The Bertz CT molecular complexity index is 1450. The lowest BCUT2D eigenvalue weighted by Gasteiger charge is -2.30. The van der Waals surface area contributed by atoms with Crippen LogP contribution in [0.5, 0.6) is 5.75 Å². The number of aliphatic imine (C=N–C) groups is 1. The van der Waals surface area contributed by atoms with Crippen molar-refractivity contribution in [3.63, 3.8) is 0 Å². The van der Waals surface area contributed by atoms with Crippen LogP contribution in [-0.2, 0) is 9.53 Å². The van der Waals surface area contributed by atoms with E-state index in [4.69, 9.17) is 19.6 Å². The molecule has 41 heavy (non-hydrogen) atoms. The van der Waals surface area contributed by atoms with Crippen LogP contribution in [0.15, 0.2) is 95.0 Å². The number of benzene rings is 3. The number of carbonyl (C=O) groups is 1. The van der Waals surface area contributed by atoms with Crippen molar-refractivity contribution in [1.29, 1.82) is 0 Å². The second-order valence-electron chi connectivity index (χ2n) is 9.93. The van der Waals surface area contributed by atoms with Gasteiger partial charge in [0, 0.05) is 47.2 Å². The molecule has 5 rings (SSSR count). The number of hydrogen-bond donors (Lipinski definition) is 3. The number of ether oxygens (including phenoxy) is 2. The number of hydrazine groups is 1. The zero-order valence-corrected chi connectivity index (χ0v) is 22.5. The summed E-state index contributed by atoms with van der Waals surface area (Å²) in [5.74, 6) is 0.596. The molecule has 1 saturated carbocycles. The van der Waals surface area contributed by atoms with E-state index in [0.29, 0.717) is 41.5 Å². The number of nitrogens with one attached hydrogen (secondary N) is 2. The van der Waals surface area contributed by atoms with Crippen molar-refractivity contribution in [2.24, 2.45) is 10.1 Å². The van der Waals surface area contributed by atoms with E-state index in [-0.39, 0.29) is 25.0 Å². The fraction of sp³-hybridized carbons (Fsp3) is 0.290. The highest BCUT2D eigenvalue weighted by Crippen LogP contribution is 2.45. The largest absolute Gasteiger partial charge is 0.494 e. The average molecular weight is 553 g/mol. The number of hydrogen-bond acceptors (Lipinski definition) is 7. The summed E-state index contributed by atoms with van der Waals surface area (Å²) in [7, 11) is 0. The normalized spacial score (nSPS) is 19.7. The highest BCUT2D eigenvalue weighted by atomic mass is 16.5. The third-order valence-electron chi connectivity index (χ3n) is 6.91. The molecule has 1 aliphatic heterocycles. The lowest BCUT2D eigenvalue weighted by molar-refractivity contribution is -0.129. The van der Waals surface area contributed by atoms with Crippen LogP contribution in [0.1, 0.15) is 48.5 Å². The average Bonchev–Trinajstić information content (AvgIpc) is 3.76. The van der Waals surface area contributed by atoms with Gasteiger partial charge >= 0.3 is 0 Å². The number of aliphatic hydroxyl groups is 1. The van der Waals surface area contributed by atoms with E-state index in [1.165, 1.54) is 0 Å². The first-order valence-corrected chi connectivity index (χ1v) is 13.6. The van der Waals surface area contributed by atoms with E-state index in [2.05, 4.69) is 20.9 Å². The molecule has 10 heteroatoms. The molecule has 0 bridgehead atoms. The van der Waals surface area contributed by atoms with Gasteiger partial charge in [-0.05, 0) is 48.2 Å². The minimum atomic E-state index is -1.40. The van der Waals surface area contributed by atoms with Crippen molar-refractivity contribution in [1.82, 2.24) is 10.9 Å². The SMILES string of the molecule is [N-]=[N+]=Nc1ccccc1[C@@H]1OC(c2ccc(OCCCO)cc2)=N[C@]1(C/C=C/c1ccccc1)C(=O)NNC1CC1. The number of azide groups is 1. The minimum Gasteiger partial charge on any atom is -0.494 e. The molecule has 3 N–H and O–H groups in total. The van der Waals surface area contributed by atoms with Crippen molar-refractivity contribution in [3.8, 4) is 5.75 Å². The maximum absolute atomic E-state index is 14.0. The Kier molecular flexibility index (Phi) is 8.95. The topological polar surface area (TPSA) is 141 Å². The Morgan fingerprint density at radius 3 is 2.61 bits per heavy atom. The molecule has 210 valence electrons. The molecule has 0 saturated heterocycles. The van der Waals surface area contributed by atoms with Crippen LogP contribution in [0.3, 0.4) is 0 Å². The molecule has 1 heterocycles. The Balaban J connectivity index is 1.55. The van der Waals surface area contributed by atoms with Gasteiger partial charge in [0.15, 0.2) is 11.6 Å². The molecule has 0 radical (unpaired) electrons. The van der Waals surface area contributed by atoms with Gasteiger partial charge in [0.05, 0.1) is 6.61 Å². The first-order valence-electron chi connectivity index (χ1n) is 13.6.